The lowest BCUT2D eigenvalue weighted by atomic mass is 10.3. The molecule has 0 spiro atoms. The van der Waals surface area contributed by atoms with E-state index in [4.69, 9.17) is 11.2 Å². The first-order valence-corrected chi connectivity index (χ1v) is 10.6. The molecule has 0 aromatic heterocycles. The van der Waals surface area contributed by atoms with Crippen molar-refractivity contribution in [1.82, 2.24) is 9.34 Å². The van der Waals surface area contributed by atoms with Crippen LogP contribution in [-0.4, -0.2) is 39.3 Å². The van der Waals surface area contributed by atoms with Gasteiger partial charge in [-0.25, -0.2) is 0 Å². The van der Waals surface area contributed by atoms with Crippen LogP contribution in [-0.2, 0) is 0 Å². The molecule has 0 N–H and O–H groups in total. The van der Waals surface area contributed by atoms with Crippen LogP contribution in [0.15, 0.2) is 0 Å². The Morgan fingerprint density at radius 2 is 0.900 bits per heavy atom. The average Bonchev–Trinajstić information content (AvgIpc) is 2.10. The summed E-state index contributed by atoms with van der Waals surface area (Å²) in [4.78, 5) is 0. The highest BCUT2D eigenvalue weighted by Crippen LogP contribution is 2.63. The molecule has 0 atom stereocenters. The number of hydrogen-bond donors (Lipinski definition) is 0. The van der Waals surface area contributed by atoms with Crippen LogP contribution in [0.3, 0.4) is 0 Å². The van der Waals surface area contributed by atoms with E-state index in [1.807, 2.05) is 0 Å². The van der Waals surface area contributed by atoms with Crippen molar-refractivity contribution in [2.45, 2.75) is 93.4 Å². The lowest BCUT2D eigenvalue weighted by Crippen LogP contribution is -2.44. The normalized spacial score (nSPS) is 13.9. The monoisotopic (exact) mass is 322 g/mol. The van der Waals surface area contributed by atoms with Crippen molar-refractivity contribution >= 4 is 23.6 Å². The van der Waals surface area contributed by atoms with E-state index in [0.29, 0.717) is 30.1 Å². The van der Waals surface area contributed by atoms with Gasteiger partial charge in [-0.2, -0.15) is 0 Å². The summed E-state index contributed by atoms with van der Waals surface area (Å²) >= 11 is 7.35. The molecule has 0 heterocycles. The summed E-state index contributed by atoms with van der Waals surface area (Å²) in [6.45, 7) is 20.5. The van der Waals surface area contributed by atoms with Crippen LogP contribution in [0.1, 0.15) is 69.2 Å². The topological polar surface area (TPSA) is 6.48 Å². The zero-order chi connectivity index (χ0) is 16.2. The van der Waals surface area contributed by atoms with Gasteiger partial charge < -0.3 is 0 Å². The fraction of sp³-hybridized carbons (Fsp3) is 0.938. The molecular weight excluding hydrogens is 287 g/mol. The molecule has 0 aromatic carbocycles. The van der Waals surface area contributed by atoms with Crippen molar-refractivity contribution in [3.8, 4) is 0 Å². The number of hydrogen-bond acceptors (Lipinski definition) is 2. The van der Waals surface area contributed by atoms with Crippen molar-refractivity contribution in [3.05, 3.63) is 0 Å². The fourth-order valence-electron chi connectivity index (χ4n) is 3.14. The standard InChI is InChI=1S/C16H36ClN2P/c1-12(2)11-20(17,18(13(3)4)14(5)6)19(15(7)8)16(9)10/h11-16H,1-10H3. The fourth-order valence-corrected chi connectivity index (χ4v) is 9.81. The summed E-state index contributed by atoms with van der Waals surface area (Å²) in [5.74, 6) is 2.88. The highest BCUT2D eigenvalue weighted by atomic mass is 35.7. The van der Waals surface area contributed by atoms with Gasteiger partial charge in [0.15, 0.2) is 0 Å². The second-order valence-electron chi connectivity index (χ2n) is 7.10. The van der Waals surface area contributed by atoms with Gasteiger partial charge in [0.2, 0.25) is 0 Å². The molecule has 0 fully saturated rings. The van der Waals surface area contributed by atoms with Gasteiger partial charge in [0, 0.05) is 24.2 Å². The van der Waals surface area contributed by atoms with Gasteiger partial charge in [-0.15, -0.1) is 0 Å². The smallest absolute Gasteiger partial charge is 0.0996 e. The first kappa shape index (κ1) is 20.5. The molecule has 0 rings (SSSR count). The Labute approximate surface area is 132 Å². The maximum Gasteiger partial charge on any atom is 0.0996 e. The van der Waals surface area contributed by atoms with E-state index in [2.05, 4.69) is 84.4 Å². The van der Waals surface area contributed by atoms with Crippen LogP contribution >= 0.6 is 17.8 Å². The van der Waals surface area contributed by atoms with Crippen LogP contribution in [0.5, 0.6) is 0 Å². The van der Waals surface area contributed by atoms with Gasteiger partial charge in [0.05, 0.1) is 6.54 Å². The summed E-state index contributed by atoms with van der Waals surface area (Å²) in [5, 5.41) is 0. The number of halogens is 1. The zero-order valence-electron chi connectivity index (χ0n) is 15.2. The zero-order valence-corrected chi connectivity index (χ0v) is 16.8. The molecule has 2 nitrogen and oxygen atoms in total. The largest absolute Gasteiger partial charge is 0.255 e. The minimum Gasteiger partial charge on any atom is -0.255 e. The van der Waals surface area contributed by atoms with Crippen molar-refractivity contribution < 1.29 is 0 Å². The Hall–Kier alpha value is 0.510. The van der Waals surface area contributed by atoms with Gasteiger partial charge in [0.25, 0.3) is 0 Å². The molecule has 0 unspecified atom stereocenters. The Balaban J connectivity index is 6.09. The van der Waals surface area contributed by atoms with E-state index >= 15 is 0 Å². The van der Waals surface area contributed by atoms with Crippen molar-refractivity contribution in [3.63, 3.8) is 0 Å². The van der Waals surface area contributed by atoms with E-state index in [-0.39, 0.29) is 0 Å². The molecule has 0 aliphatic carbocycles. The maximum absolute atomic E-state index is 7.35. The molecule has 4 heteroatoms. The Kier molecular flexibility index (Phi) is 8.43. The predicted molar refractivity (Wildman–Crippen MR) is 97.9 cm³/mol. The SMILES string of the molecule is CC(C)C=P(Cl)(N(C(C)C)C(C)C)N(C(C)C)C(C)C. The lowest BCUT2D eigenvalue weighted by Gasteiger charge is -2.49. The Morgan fingerprint density at radius 1 is 0.650 bits per heavy atom. The molecule has 0 saturated heterocycles. The molecule has 0 saturated carbocycles. The van der Waals surface area contributed by atoms with Crippen LogP contribution in [0.25, 0.3) is 0 Å². The average molecular weight is 323 g/mol. The second-order valence-corrected chi connectivity index (χ2v) is 11.0. The predicted octanol–water partition coefficient (Wildman–Crippen LogP) is 5.68. The lowest BCUT2D eigenvalue weighted by molar-refractivity contribution is 0.261. The first-order valence-electron chi connectivity index (χ1n) is 7.97. The van der Waals surface area contributed by atoms with Crippen LogP contribution < -0.4 is 0 Å². The summed E-state index contributed by atoms with van der Waals surface area (Å²) in [7, 11) is 0. The molecule has 0 radical (unpaired) electrons. The molecule has 122 valence electrons. The third-order valence-electron chi connectivity index (χ3n) is 3.25. The molecule has 0 aliphatic heterocycles. The van der Waals surface area contributed by atoms with E-state index < -0.39 is 6.54 Å². The maximum atomic E-state index is 7.35. The van der Waals surface area contributed by atoms with Gasteiger partial charge >= 0.3 is 0 Å². The summed E-state index contributed by atoms with van der Waals surface area (Å²) in [5.41, 5.74) is 0. The van der Waals surface area contributed by atoms with Crippen LogP contribution in [0.2, 0.25) is 0 Å². The van der Waals surface area contributed by atoms with E-state index in [1.54, 1.807) is 0 Å². The third kappa shape index (κ3) is 5.05. The van der Waals surface area contributed by atoms with Gasteiger partial charge in [0.1, 0.15) is 0 Å². The Morgan fingerprint density at radius 3 is 1.05 bits per heavy atom. The Bertz CT molecular complexity index is 295. The molecular formula is C16H36ClN2P. The van der Waals surface area contributed by atoms with Crippen molar-refractivity contribution in [2.75, 3.05) is 0 Å². The summed E-state index contributed by atoms with van der Waals surface area (Å²) in [6.07, 6.45) is 0. The molecule has 0 amide bonds. The van der Waals surface area contributed by atoms with Crippen LogP contribution in [0.4, 0.5) is 0 Å². The van der Waals surface area contributed by atoms with Crippen LogP contribution in [0, 0.1) is 5.92 Å². The number of nitrogens with zero attached hydrogens (tertiary/aromatic N) is 2. The second kappa shape index (κ2) is 8.22. The third-order valence-corrected chi connectivity index (χ3v) is 8.76. The minimum absolute atomic E-state index is 0.441. The highest BCUT2D eigenvalue weighted by Gasteiger charge is 2.36. The number of rotatable bonds is 7. The highest BCUT2D eigenvalue weighted by molar-refractivity contribution is 7.94. The minimum atomic E-state index is -1.96. The van der Waals surface area contributed by atoms with Gasteiger partial charge in [-0.1, -0.05) is 25.1 Å². The van der Waals surface area contributed by atoms with E-state index in [9.17, 15) is 0 Å². The first-order chi connectivity index (χ1) is 8.95. The van der Waals surface area contributed by atoms with Gasteiger partial charge in [-0.3, -0.25) is 9.34 Å². The van der Waals surface area contributed by atoms with Crippen molar-refractivity contribution in [1.29, 1.82) is 0 Å². The summed E-state index contributed by atoms with van der Waals surface area (Å²) < 4.78 is 5.04. The van der Waals surface area contributed by atoms with Crippen molar-refractivity contribution in [2.24, 2.45) is 5.92 Å². The quantitative estimate of drug-likeness (QED) is 0.556. The van der Waals surface area contributed by atoms with Gasteiger partial charge in [-0.05, 0) is 67.1 Å². The molecule has 20 heavy (non-hydrogen) atoms. The summed E-state index contributed by atoms with van der Waals surface area (Å²) in [6, 6.07) is 1.76. The van der Waals surface area contributed by atoms with E-state index in [0.717, 1.165) is 0 Å². The molecule has 0 aliphatic rings. The molecule has 0 bridgehead atoms. The molecule has 0 aromatic rings. The van der Waals surface area contributed by atoms with E-state index in [1.165, 1.54) is 0 Å².